The summed E-state index contributed by atoms with van der Waals surface area (Å²) in [5, 5.41) is 0. The predicted molar refractivity (Wildman–Crippen MR) is 79.6 cm³/mol. The Labute approximate surface area is 112 Å². The predicted octanol–water partition coefficient (Wildman–Crippen LogP) is 2.82. The first kappa shape index (κ1) is 15.3. The third kappa shape index (κ3) is 3.39. The molecule has 0 bridgehead atoms. The molecule has 0 aromatic heterocycles. The second kappa shape index (κ2) is 7.01. The van der Waals surface area contributed by atoms with Gasteiger partial charge in [-0.3, -0.25) is 4.90 Å². The number of hydrogen-bond acceptors (Lipinski definition) is 3. The van der Waals surface area contributed by atoms with Gasteiger partial charge < -0.3 is 5.73 Å². The minimum absolute atomic E-state index is 0.266. The van der Waals surface area contributed by atoms with Gasteiger partial charge in [0.25, 0.3) is 0 Å². The summed E-state index contributed by atoms with van der Waals surface area (Å²) in [5.74, 6) is 2.73. The van der Waals surface area contributed by atoms with Crippen molar-refractivity contribution in [2.75, 3.05) is 32.1 Å². The standard InChI is InChI=1S/C14H30N2S/c1-12(2)13-7-5-6-8-14(13,11-15)16(3)9-10-17-4/h12-13H,5-11,15H2,1-4H3. The van der Waals surface area contributed by atoms with Crippen LogP contribution in [0.2, 0.25) is 0 Å². The maximum absolute atomic E-state index is 6.19. The summed E-state index contributed by atoms with van der Waals surface area (Å²) in [6.07, 6.45) is 7.57. The van der Waals surface area contributed by atoms with Gasteiger partial charge in [0.15, 0.2) is 0 Å². The lowest BCUT2D eigenvalue weighted by Gasteiger charge is -2.51. The van der Waals surface area contributed by atoms with Crippen LogP contribution in [0, 0.1) is 11.8 Å². The molecule has 1 aliphatic rings. The molecule has 0 amide bonds. The van der Waals surface area contributed by atoms with E-state index in [0.717, 1.165) is 18.4 Å². The van der Waals surface area contributed by atoms with Gasteiger partial charge in [0, 0.05) is 24.4 Å². The molecule has 0 saturated heterocycles. The van der Waals surface area contributed by atoms with Crippen LogP contribution in [-0.2, 0) is 0 Å². The molecule has 0 aromatic rings. The van der Waals surface area contributed by atoms with E-state index in [-0.39, 0.29) is 5.54 Å². The maximum atomic E-state index is 6.19. The normalized spacial score (nSPS) is 30.2. The molecular weight excluding hydrogens is 228 g/mol. The van der Waals surface area contributed by atoms with E-state index >= 15 is 0 Å². The summed E-state index contributed by atoms with van der Waals surface area (Å²) in [6.45, 7) is 6.72. The number of thioether (sulfide) groups is 1. The third-order valence-corrected chi connectivity index (χ3v) is 5.21. The van der Waals surface area contributed by atoms with Crippen LogP contribution in [0.4, 0.5) is 0 Å². The van der Waals surface area contributed by atoms with Crippen molar-refractivity contribution in [2.24, 2.45) is 17.6 Å². The highest BCUT2D eigenvalue weighted by Crippen LogP contribution is 2.41. The van der Waals surface area contributed by atoms with Crippen LogP contribution in [0.5, 0.6) is 0 Å². The first-order valence-electron chi connectivity index (χ1n) is 6.98. The van der Waals surface area contributed by atoms with Gasteiger partial charge in [-0.25, -0.2) is 0 Å². The summed E-state index contributed by atoms with van der Waals surface area (Å²) in [7, 11) is 2.28. The largest absolute Gasteiger partial charge is 0.329 e. The Morgan fingerprint density at radius 1 is 1.41 bits per heavy atom. The molecule has 1 fully saturated rings. The molecule has 0 radical (unpaired) electrons. The van der Waals surface area contributed by atoms with Crippen molar-refractivity contribution in [3.63, 3.8) is 0 Å². The lowest BCUT2D eigenvalue weighted by atomic mass is 9.67. The highest BCUT2D eigenvalue weighted by atomic mass is 32.2. The molecule has 2 nitrogen and oxygen atoms in total. The minimum atomic E-state index is 0.266. The van der Waals surface area contributed by atoms with Gasteiger partial charge in [-0.2, -0.15) is 11.8 Å². The summed E-state index contributed by atoms with van der Waals surface area (Å²) in [4.78, 5) is 2.56. The van der Waals surface area contributed by atoms with Gasteiger partial charge in [0.1, 0.15) is 0 Å². The van der Waals surface area contributed by atoms with Crippen LogP contribution >= 0.6 is 11.8 Å². The van der Waals surface area contributed by atoms with E-state index in [2.05, 4.69) is 32.1 Å². The van der Waals surface area contributed by atoms with Crippen molar-refractivity contribution in [1.29, 1.82) is 0 Å². The van der Waals surface area contributed by atoms with Gasteiger partial charge in [0.2, 0.25) is 0 Å². The zero-order chi connectivity index (χ0) is 12.9. The van der Waals surface area contributed by atoms with Gasteiger partial charge >= 0.3 is 0 Å². The monoisotopic (exact) mass is 258 g/mol. The van der Waals surface area contributed by atoms with Crippen molar-refractivity contribution in [3.05, 3.63) is 0 Å². The van der Waals surface area contributed by atoms with E-state index in [1.165, 1.54) is 38.0 Å². The average Bonchev–Trinajstić information content (AvgIpc) is 2.35. The highest BCUT2D eigenvalue weighted by molar-refractivity contribution is 7.98. The number of nitrogens with two attached hydrogens (primary N) is 1. The molecule has 0 heterocycles. The average molecular weight is 258 g/mol. The van der Waals surface area contributed by atoms with E-state index in [9.17, 15) is 0 Å². The molecular formula is C14H30N2S. The summed E-state index contributed by atoms with van der Waals surface area (Å²) >= 11 is 1.93. The smallest absolute Gasteiger partial charge is 0.0359 e. The molecule has 0 spiro atoms. The summed E-state index contributed by atoms with van der Waals surface area (Å²) < 4.78 is 0. The van der Waals surface area contributed by atoms with Crippen LogP contribution in [-0.4, -0.2) is 42.6 Å². The van der Waals surface area contributed by atoms with Crippen LogP contribution < -0.4 is 5.73 Å². The molecule has 1 saturated carbocycles. The number of rotatable bonds is 6. The van der Waals surface area contributed by atoms with E-state index in [1.54, 1.807) is 0 Å². The first-order chi connectivity index (χ1) is 8.08. The van der Waals surface area contributed by atoms with Gasteiger partial charge in [0.05, 0.1) is 0 Å². The SMILES string of the molecule is CSCCN(C)C1(CN)CCCCC1C(C)C. The molecule has 2 unspecified atom stereocenters. The molecule has 2 atom stereocenters. The van der Waals surface area contributed by atoms with E-state index in [1.807, 2.05) is 11.8 Å². The Bertz CT molecular complexity index is 220. The van der Waals surface area contributed by atoms with Crippen molar-refractivity contribution >= 4 is 11.8 Å². The maximum Gasteiger partial charge on any atom is 0.0359 e. The van der Waals surface area contributed by atoms with Gasteiger partial charge in [-0.05, 0) is 38.0 Å². The third-order valence-electron chi connectivity index (χ3n) is 4.61. The Kier molecular flexibility index (Phi) is 6.32. The Morgan fingerprint density at radius 2 is 2.12 bits per heavy atom. The van der Waals surface area contributed by atoms with Gasteiger partial charge in [-0.15, -0.1) is 0 Å². The molecule has 3 heteroatoms. The van der Waals surface area contributed by atoms with Crippen molar-refractivity contribution in [1.82, 2.24) is 4.90 Å². The molecule has 1 aliphatic carbocycles. The molecule has 17 heavy (non-hydrogen) atoms. The van der Waals surface area contributed by atoms with Crippen molar-refractivity contribution in [2.45, 2.75) is 45.1 Å². The summed E-state index contributed by atoms with van der Waals surface area (Å²) in [6, 6.07) is 0. The highest BCUT2D eigenvalue weighted by Gasteiger charge is 2.43. The molecule has 102 valence electrons. The fourth-order valence-corrected chi connectivity index (χ4v) is 3.99. The Hall–Kier alpha value is 0.270. The molecule has 1 rings (SSSR count). The van der Waals surface area contributed by atoms with Crippen LogP contribution in [0.25, 0.3) is 0 Å². The molecule has 0 aliphatic heterocycles. The van der Waals surface area contributed by atoms with Crippen molar-refractivity contribution < 1.29 is 0 Å². The topological polar surface area (TPSA) is 29.3 Å². The minimum Gasteiger partial charge on any atom is -0.329 e. The quantitative estimate of drug-likeness (QED) is 0.794. The van der Waals surface area contributed by atoms with E-state index in [4.69, 9.17) is 5.73 Å². The zero-order valence-electron chi connectivity index (χ0n) is 12.0. The van der Waals surface area contributed by atoms with Crippen LogP contribution in [0.15, 0.2) is 0 Å². The number of hydrogen-bond donors (Lipinski definition) is 1. The Balaban J connectivity index is 2.80. The fourth-order valence-electron chi connectivity index (χ4n) is 3.54. The second-order valence-electron chi connectivity index (χ2n) is 5.82. The van der Waals surface area contributed by atoms with E-state index in [0.29, 0.717) is 0 Å². The van der Waals surface area contributed by atoms with Crippen LogP contribution in [0.1, 0.15) is 39.5 Å². The number of likely N-dealkylation sites (N-methyl/N-ethyl adjacent to an activating group) is 1. The van der Waals surface area contributed by atoms with Crippen LogP contribution in [0.3, 0.4) is 0 Å². The second-order valence-corrected chi connectivity index (χ2v) is 6.80. The fraction of sp³-hybridized carbons (Fsp3) is 1.00. The molecule has 0 aromatic carbocycles. The lowest BCUT2D eigenvalue weighted by Crippen LogP contribution is -2.60. The summed E-state index contributed by atoms with van der Waals surface area (Å²) in [5.41, 5.74) is 6.46. The lowest BCUT2D eigenvalue weighted by molar-refractivity contribution is 0.00738. The zero-order valence-corrected chi connectivity index (χ0v) is 12.9. The number of nitrogens with zero attached hydrogens (tertiary/aromatic N) is 1. The Morgan fingerprint density at radius 3 is 2.65 bits per heavy atom. The molecule has 2 N–H and O–H groups in total. The first-order valence-corrected chi connectivity index (χ1v) is 8.38. The van der Waals surface area contributed by atoms with Crippen molar-refractivity contribution in [3.8, 4) is 0 Å². The van der Waals surface area contributed by atoms with E-state index < -0.39 is 0 Å². The van der Waals surface area contributed by atoms with Gasteiger partial charge in [-0.1, -0.05) is 26.7 Å².